The third-order valence-corrected chi connectivity index (χ3v) is 6.85. The Morgan fingerprint density at radius 1 is 0.900 bits per heavy atom. The van der Waals surface area contributed by atoms with E-state index in [9.17, 15) is 13.2 Å². The topological polar surface area (TPSA) is 78.8 Å². The van der Waals surface area contributed by atoms with E-state index < -0.39 is 22.5 Å². The lowest BCUT2D eigenvalue weighted by Crippen LogP contribution is -2.39. The van der Waals surface area contributed by atoms with Crippen molar-refractivity contribution in [1.29, 1.82) is 0 Å². The second kappa shape index (κ2) is 10.0. The Kier molecular flexibility index (Phi) is 7.41. The molecule has 3 aromatic carbocycles. The van der Waals surface area contributed by atoms with Crippen LogP contribution in [0.4, 0.5) is 5.69 Å². The number of anilines is 1. The van der Waals surface area contributed by atoms with Crippen LogP contribution >= 0.6 is 31.9 Å². The van der Waals surface area contributed by atoms with E-state index in [-0.39, 0.29) is 4.90 Å². The average Bonchev–Trinajstić information content (AvgIpc) is 2.75. The summed E-state index contributed by atoms with van der Waals surface area (Å²) in [5, 5.41) is 3.92. The lowest BCUT2D eigenvalue weighted by Gasteiger charge is -2.23. The molecule has 0 heterocycles. The molecule has 9 heteroatoms. The molecule has 0 radical (unpaired) electrons. The SMILES string of the molecule is O=C(CN(c1ccc(Br)cc1)S(=O)(=O)c1ccccc1)N/N=C\c1ccc(Br)cc1. The predicted molar refractivity (Wildman–Crippen MR) is 125 cm³/mol. The van der Waals surface area contributed by atoms with E-state index in [4.69, 9.17) is 0 Å². The van der Waals surface area contributed by atoms with Gasteiger partial charge in [0.25, 0.3) is 15.9 Å². The Morgan fingerprint density at radius 2 is 1.47 bits per heavy atom. The molecule has 3 aromatic rings. The number of rotatable bonds is 7. The van der Waals surface area contributed by atoms with E-state index >= 15 is 0 Å². The van der Waals surface area contributed by atoms with Crippen molar-refractivity contribution < 1.29 is 13.2 Å². The minimum absolute atomic E-state index is 0.0964. The molecule has 1 N–H and O–H groups in total. The van der Waals surface area contributed by atoms with E-state index in [2.05, 4.69) is 42.4 Å². The van der Waals surface area contributed by atoms with Crippen LogP contribution in [0.5, 0.6) is 0 Å². The molecule has 0 atom stereocenters. The van der Waals surface area contributed by atoms with Crippen LogP contribution in [0.15, 0.2) is 97.8 Å². The number of hydrogen-bond donors (Lipinski definition) is 1. The zero-order valence-corrected chi connectivity index (χ0v) is 19.6. The molecule has 0 aromatic heterocycles. The Labute approximate surface area is 191 Å². The lowest BCUT2D eigenvalue weighted by molar-refractivity contribution is -0.119. The molecule has 0 aliphatic carbocycles. The lowest BCUT2D eigenvalue weighted by atomic mass is 10.2. The van der Waals surface area contributed by atoms with E-state index in [0.717, 1.165) is 18.8 Å². The number of carbonyl (C=O) groups is 1. The minimum atomic E-state index is -3.94. The summed E-state index contributed by atoms with van der Waals surface area (Å²) in [4.78, 5) is 12.6. The fraction of sp³-hybridized carbons (Fsp3) is 0.0476. The Morgan fingerprint density at radius 3 is 2.07 bits per heavy atom. The molecule has 3 rings (SSSR count). The van der Waals surface area contributed by atoms with Gasteiger partial charge in [0.1, 0.15) is 6.54 Å². The smallest absolute Gasteiger partial charge is 0.264 e. The van der Waals surface area contributed by atoms with Gasteiger partial charge in [-0.1, -0.05) is 62.2 Å². The summed E-state index contributed by atoms with van der Waals surface area (Å²) in [5.74, 6) is -0.564. The fourth-order valence-electron chi connectivity index (χ4n) is 2.54. The molecule has 0 saturated heterocycles. The summed E-state index contributed by atoms with van der Waals surface area (Å²) in [5.41, 5.74) is 3.55. The molecule has 6 nitrogen and oxygen atoms in total. The third kappa shape index (κ3) is 5.78. The number of sulfonamides is 1. The monoisotopic (exact) mass is 549 g/mol. The van der Waals surface area contributed by atoms with E-state index in [1.54, 1.807) is 42.5 Å². The maximum atomic E-state index is 13.2. The van der Waals surface area contributed by atoms with E-state index in [0.29, 0.717) is 5.69 Å². The molecular formula is C21H17Br2N3O3S. The highest BCUT2D eigenvalue weighted by Gasteiger charge is 2.27. The van der Waals surface area contributed by atoms with E-state index in [1.807, 2.05) is 24.3 Å². The van der Waals surface area contributed by atoms with Gasteiger partial charge in [-0.2, -0.15) is 5.10 Å². The Bertz CT molecular complexity index is 1130. The van der Waals surface area contributed by atoms with Crippen molar-refractivity contribution in [3.05, 3.63) is 93.4 Å². The number of benzene rings is 3. The van der Waals surface area contributed by atoms with E-state index in [1.165, 1.54) is 18.3 Å². The largest absolute Gasteiger partial charge is 0.271 e. The second-order valence-electron chi connectivity index (χ2n) is 6.15. The Hall–Kier alpha value is -2.49. The molecule has 0 spiro atoms. The number of nitrogens with one attached hydrogen (secondary N) is 1. The zero-order chi connectivity index (χ0) is 21.6. The maximum absolute atomic E-state index is 13.2. The van der Waals surface area contributed by atoms with Crippen molar-refractivity contribution in [3.8, 4) is 0 Å². The van der Waals surface area contributed by atoms with Crippen molar-refractivity contribution in [1.82, 2.24) is 5.43 Å². The quantitative estimate of drug-likeness (QED) is 0.346. The van der Waals surface area contributed by atoms with Gasteiger partial charge in [-0.15, -0.1) is 0 Å². The molecule has 0 fully saturated rings. The third-order valence-electron chi connectivity index (χ3n) is 4.01. The summed E-state index contributed by atoms with van der Waals surface area (Å²) in [6.45, 7) is -0.420. The van der Waals surface area contributed by atoms with Crippen molar-refractivity contribution >= 4 is 59.7 Å². The van der Waals surface area contributed by atoms with Gasteiger partial charge in [-0.3, -0.25) is 9.10 Å². The van der Waals surface area contributed by atoms with Crippen LogP contribution in [0, 0.1) is 0 Å². The van der Waals surface area contributed by atoms with Crippen LogP contribution in [0.25, 0.3) is 0 Å². The molecule has 30 heavy (non-hydrogen) atoms. The molecule has 0 bridgehead atoms. The highest BCUT2D eigenvalue weighted by atomic mass is 79.9. The highest BCUT2D eigenvalue weighted by Crippen LogP contribution is 2.25. The number of halogens is 2. The van der Waals surface area contributed by atoms with Gasteiger partial charge in [0.2, 0.25) is 0 Å². The van der Waals surface area contributed by atoms with Crippen LogP contribution in [0.2, 0.25) is 0 Å². The van der Waals surface area contributed by atoms with Crippen LogP contribution < -0.4 is 9.73 Å². The predicted octanol–water partition coefficient (Wildman–Crippen LogP) is 4.56. The van der Waals surface area contributed by atoms with Crippen LogP contribution in [0.1, 0.15) is 5.56 Å². The summed E-state index contributed by atoms with van der Waals surface area (Å²) in [6, 6.07) is 22.0. The number of carbonyl (C=O) groups excluding carboxylic acids is 1. The molecular weight excluding hydrogens is 534 g/mol. The first-order chi connectivity index (χ1) is 14.4. The second-order valence-corrected chi connectivity index (χ2v) is 9.84. The zero-order valence-electron chi connectivity index (χ0n) is 15.6. The first-order valence-corrected chi connectivity index (χ1v) is 11.8. The average molecular weight is 551 g/mol. The molecule has 154 valence electrons. The summed E-state index contributed by atoms with van der Waals surface area (Å²) in [6.07, 6.45) is 1.49. The van der Waals surface area contributed by atoms with Crippen molar-refractivity contribution in [3.63, 3.8) is 0 Å². The van der Waals surface area contributed by atoms with Crippen molar-refractivity contribution in [2.75, 3.05) is 10.8 Å². The van der Waals surface area contributed by atoms with Crippen LogP contribution in [0.3, 0.4) is 0 Å². The summed E-state index contributed by atoms with van der Waals surface area (Å²) < 4.78 is 29.1. The number of amides is 1. The van der Waals surface area contributed by atoms with Gasteiger partial charge in [0.05, 0.1) is 16.8 Å². The molecule has 1 amide bonds. The highest BCUT2D eigenvalue weighted by molar-refractivity contribution is 9.10. The fourth-order valence-corrected chi connectivity index (χ4v) is 4.51. The van der Waals surface area contributed by atoms with Crippen molar-refractivity contribution in [2.24, 2.45) is 5.10 Å². The molecule has 0 aliphatic heterocycles. The Balaban J connectivity index is 1.81. The normalized spacial score (nSPS) is 11.4. The van der Waals surface area contributed by atoms with Gasteiger partial charge < -0.3 is 0 Å². The standard InChI is InChI=1S/C21H17Br2N3O3S/c22-17-8-6-16(7-9-17)14-24-25-21(27)15-26(19-12-10-18(23)11-13-19)30(28,29)20-4-2-1-3-5-20/h1-14H,15H2,(H,25,27)/b24-14-. The maximum Gasteiger partial charge on any atom is 0.264 e. The number of hydrogen-bond acceptors (Lipinski definition) is 4. The van der Waals surface area contributed by atoms with Gasteiger partial charge in [-0.05, 0) is 54.1 Å². The molecule has 0 aliphatic rings. The number of nitrogens with zero attached hydrogens (tertiary/aromatic N) is 2. The summed E-state index contributed by atoms with van der Waals surface area (Å²) >= 11 is 6.68. The summed E-state index contributed by atoms with van der Waals surface area (Å²) in [7, 11) is -3.94. The first kappa shape index (κ1) is 22.2. The van der Waals surface area contributed by atoms with Crippen LogP contribution in [-0.2, 0) is 14.8 Å². The van der Waals surface area contributed by atoms with Gasteiger partial charge in [0.15, 0.2) is 0 Å². The molecule has 0 unspecified atom stereocenters. The molecule has 0 saturated carbocycles. The number of hydrazone groups is 1. The van der Waals surface area contributed by atoms with Gasteiger partial charge in [-0.25, -0.2) is 13.8 Å². The first-order valence-electron chi connectivity index (χ1n) is 8.77. The van der Waals surface area contributed by atoms with Gasteiger partial charge >= 0.3 is 0 Å². The van der Waals surface area contributed by atoms with Crippen molar-refractivity contribution in [2.45, 2.75) is 4.90 Å². The minimum Gasteiger partial charge on any atom is -0.271 e. The van der Waals surface area contributed by atoms with Gasteiger partial charge in [0, 0.05) is 8.95 Å². The van der Waals surface area contributed by atoms with Crippen LogP contribution in [-0.4, -0.2) is 27.1 Å².